The van der Waals surface area contributed by atoms with Crippen LogP contribution >= 0.6 is 11.3 Å². The fraction of sp³-hybridized carbons (Fsp3) is 0.286. The zero-order valence-corrected chi connectivity index (χ0v) is 11.9. The molecule has 0 spiro atoms. The van der Waals surface area contributed by atoms with E-state index in [4.69, 9.17) is 0 Å². The number of hydrogen-bond acceptors (Lipinski definition) is 5. The van der Waals surface area contributed by atoms with E-state index in [0.29, 0.717) is 0 Å². The monoisotopic (exact) mass is 289 g/mol. The molecule has 1 aromatic heterocycles. The highest BCUT2D eigenvalue weighted by molar-refractivity contribution is 7.10. The SMILES string of the molecule is CNc1cc(N2CCc3sccc3C2)cc([N+](=O)[O-])c1. The normalized spacial score (nSPS) is 13.9. The van der Waals surface area contributed by atoms with Gasteiger partial charge in [-0.25, -0.2) is 0 Å². The van der Waals surface area contributed by atoms with E-state index in [1.165, 1.54) is 10.4 Å². The van der Waals surface area contributed by atoms with Crippen LogP contribution in [-0.2, 0) is 13.0 Å². The maximum Gasteiger partial charge on any atom is 0.273 e. The molecule has 0 atom stereocenters. The first-order valence-electron chi connectivity index (χ1n) is 6.45. The highest BCUT2D eigenvalue weighted by atomic mass is 32.1. The van der Waals surface area contributed by atoms with Crippen molar-refractivity contribution in [3.63, 3.8) is 0 Å². The van der Waals surface area contributed by atoms with Crippen LogP contribution in [0.4, 0.5) is 17.1 Å². The highest BCUT2D eigenvalue weighted by Gasteiger charge is 2.20. The standard InChI is InChI=1S/C14H15N3O2S/c1-15-11-6-12(8-13(7-11)17(18)19)16-4-2-14-10(9-16)3-5-20-14/h3,5-8,15H,2,4,9H2,1H3. The second kappa shape index (κ2) is 5.13. The smallest absolute Gasteiger partial charge is 0.273 e. The molecular formula is C14H15N3O2S. The lowest BCUT2D eigenvalue weighted by Crippen LogP contribution is -2.29. The summed E-state index contributed by atoms with van der Waals surface area (Å²) in [5.41, 5.74) is 3.13. The van der Waals surface area contributed by atoms with Crippen LogP contribution < -0.4 is 10.2 Å². The molecule has 20 heavy (non-hydrogen) atoms. The number of nitrogens with one attached hydrogen (secondary N) is 1. The Morgan fingerprint density at radius 2 is 2.25 bits per heavy atom. The number of nitrogens with zero attached hydrogens (tertiary/aromatic N) is 2. The van der Waals surface area contributed by atoms with Gasteiger partial charge in [0.25, 0.3) is 5.69 Å². The molecule has 3 rings (SSSR count). The lowest BCUT2D eigenvalue weighted by molar-refractivity contribution is -0.384. The van der Waals surface area contributed by atoms with E-state index in [-0.39, 0.29) is 10.6 Å². The van der Waals surface area contributed by atoms with Gasteiger partial charge in [0, 0.05) is 48.5 Å². The lowest BCUT2D eigenvalue weighted by atomic mass is 10.1. The Hall–Kier alpha value is -2.08. The first kappa shape index (κ1) is 12.9. The molecule has 0 amide bonds. The summed E-state index contributed by atoms with van der Waals surface area (Å²) in [6.07, 6.45) is 1.00. The molecule has 0 fully saturated rings. The van der Waals surface area contributed by atoms with E-state index in [2.05, 4.69) is 21.7 Å². The summed E-state index contributed by atoms with van der Waals surface area (Å²) in [7, 11) is 1.77. The van der Waals surface area contributed by atoms with Crippen molar-refractivity contribution in [2.24, 2.45) is 0 Å². The first-order valence-corrected chi connectivity index (χ1v) is 7.33. The Kier molecular flexibility index (Phi) is 3.31. The number of fused-ring (bicyclic) bond motifs is 1. The lowest BCUT2D eigenvalue weighted by Gasteiger charge is -2.29. The van der Waals surface area contributed by atoms with Crippen molar-refractivity contribution in [2.75, 3.05) is 23.8 Å². The zero-order valence-electron chi connectivity index (χ0n) is 11.1. The van der Waals surface area contributed by atoms with Crippen LogP contribution in [0.1, 0.15) is 10.4 Å². The predicted octanol–water partition coefficient (Wildman–Crippen LogP) is 3.26. The molecule has 104 valence electrons. The average molecular weight is 289 g/mol. The third kappa shape index (κ3) is 2.34. The minimum absolute atomic E-state index is 0.128. The molecule has 5 nitrogen and oxygen atoms in total. The van der Waals surface area contributed by atoms with Gasteiger partial charge in [-0.15, -0.1) is 11.3 Å². The minimum atomic E-state index is -0.343. The zero-order chi connectivity index (χ0) is 14.1. The Bertz CT molecular complexity index is 654. The maximum atomic E-state index is 11.0. The van der Waals surface area contributed by atoms with Crippen molar-refractivity contribution < 1.29 is 4.92 Å². The number of anilines is 2. The third-order valence-corrected chi connectivity index (χ3v) is 4.60. The summed E-state index contributed by atoms with van der Waals surface area (Å²) in [6.45, 7) is 1.72. The molecule has 1 N–H and O–H groups in total. The van der Waals surface area contributed by atoms with Gasteiger partial charge in [-0.05, 0) is 29.5 Å². The molecular weight excluding hydrogens is 274 g/mol. The number of non-ortho nitro benzene ring substituents is 1. The summed E-state index contributed by atoms with van der Waals surface area (Å²) < 4.78 is 0. The molecule has 2 aromatic rings. The maximum absolute atomic E-state index is 11.0. The van der Waals surface area contributed by atoms with Gasteiger partial charge in [0.05, 0.1) is 4.92 Å². The topological polar surface area (TPSA) is 58.4 Å². The van der Waals surface area contributed by atoms with E-state index >= 15 is 0 Å². The van der Waals surface area contributed by atoms with E-state index in [1.54, 1.807) is 30.5 Å². The Morgan fingerprint density at radius 3 is 3.00 bits per heavy atom. The Balaban J connectivity index is 1.94. The van der Waals surface area contributed by atoms with Gasteiger partial charge >= 0.3 is 0 Å². The first-order chi connectivity index (χ1) is 9.67. The molecule has 0 bridgehead atoms. The van der Waals surface area contributed by atoms with Crippen molar-refractivity contribution in [2.45, 2.75) is 13.0 Å². The molecule has 2 heterocycles. The van der Waals surface area contributed by atoms with Crippen LogP contribution in [-0.4, -0.2) is 18.5 Å². The van der Waals surface area contributed by atoms with Crippen molar-refractivity contribution in [1.82, 2.24) is 0 Å². The second-order valence-corrected chi connectivity index (χ2v) is 5.79. The Morgan fingerprint density at radius 1 is 1.40 bits per heavy atom. The van der Waals surface area contributed by atoms with E-state index in [1.807, 2.05) is 6.07 Å². The summed E-state index contributed by atoms with van der Waals surface area (Å²) in [5.74, 6) is 0. The number of rotatable bonds is 3. The van der Waals surface area contributed by atoms with Gasteiger partial charge in [-0.1, -0.05) is 0 Å². The quantitative estimate of drug-likeness (QED) is 0.696. The van der Waals surface area contributed by atoms with Crippen molar-refractivity contribution in [1.29, 1.82) is 0 Å². The number of nitro benzene ring substituents is 1. The van der Waals surface area contributed by atoms with Gasteiger partial charge in [0.1, 0.15) is 0 Å². The molecule has 0 radical (unpaired) electrons. The summed E-state index contributed by atoms with van der Waals surface area (Å²) >= 11 is 1.79. The summed E-state index contributed by atoms with van der Waals surface area (Å²) in [4.78, 5) is 14.3. The molecule has 1 aliphatic rings. The van der Waals surface area contributed by atoms with Crippen molar-refractivity contribution in [3.8, 4) is 0 Å². The minimum Gasteiger partial charge on any atom is -0.388 e. The van der Waals surface area contributed by atoms with Gasteiger partial charge in [-0.2, -0.15) is 0 Å². The number of benzene rings is 1. The fourth-order valence-corrected chi connectivity index (χ4v) is 3.39. The average Bonchev–Trinajstić information content (AvgIpc) is 2.94. The van der Waals surface area contributed by atoms with Crippen molar-refractivity contribution >= 4 is 28.4 Å². The van der Waals surface area contributed by atoms with Crippen LogP contribution in [0.15, 0.2) is 29.6 Å². The van der Waals surface area contributed by atoms with Crippen molar-refractivity contribution in [3.05, 3.63) is 50.2 Å². The molecule has 0 unspecified atom stereocenters. The highest BCUT2D eigenvalue weighted by Crippen LogP contribution is 2.31. The van der Waals surface area contributed by atoms with E-state index < -0.39 is 0 Å². The van der Waals surface area contributed by atoms with Gasteiger partial charge in [-0.3, -0.25) is 10.1 Å². The molecule has 0 saturated carbocycles. The molecule has 6 heteroatoms. The van der Waals surface area contributed by atoms with Crippen LogP contribution in [0, 0.1) is 10.1 Å². The molecule has 0 aliphatic carbocycles. The van der Waals surface area contributed by atoms with Crippen LogP contribution in [0.25, 0.3) is 0 Å². The summed E-state index contributed by atoms with van der Waals surface area (Å²) in [5, 5.41) is 16.1. The predicted molar refractivity (Wildman–Crippen MR) is 81.7 cm³/mol. The number of thiophene rings is 1. The second-order valence-electron chi connectivity index (χ2n) is 4.79. The largest absolute Gasteiger partial charge is 0.388 e. The van der Waals surface area contributed by atoms with Gasteiger partial charge < -0.3 is 10.2 Å². The van der Waals surface area contributed by atoms with Crippen LogP contribution in [0.5, 0.6) is 0 Å². The molecule has 1 aliphatic heterocycles. The summed E-state index contributed by atoms with van der Waals surface area (Å²) in [6, 6.07) is 7.31. The number of nitro groups is 1. The van der Waals surface area contributed by atoms with Crippen LogP contribution in [0.3, 0.4) is 0 Å². The van der Waals surface area contributed by atoms with Crippen LogP contribution in [0.2, 0.25) is 0 Å². The molecule has 0 saturated heterocycles. The van der Waals surface area contributed by atoms with Gasteiger partial charge in [0.2, 0.25) is 0 Å². The third-order valence-electron chi connectivity index (χ3n) is 3.57. The fourth-order valence-electron chi connectivity index (χ4n) is 2.50. The van der Waals surface area contributed by atoms with E-state index in [9.17, 15) is 10.1 Å². The molecule has 1 aromatic carbocycles. The number of hydrogen-bond donors (Lipinski definition) is 1. The Labute approximate surface area is 121 Å². The van der Waals surface area contributed by atoms with E-state index in [0.717, 1.165) is 30.9 Å². The van der Waals surface area contributed by atoms with Gasteiger partial charge in [0.15, 0.2) is 0 Å².